The molecule has 0 saturated carbocycles. The monoisotopic (exact) mass is 607 g/mol. The van der Waals surface area contributed by atoms with Crippen molar-refractivity contribution in [3.05, 3.63) is 102 Å². The summed E-state index contributed by atoms with van der Waals surface area (Å²) in [6.07, 6.45) is -0.0833. The van der Waals surface area contributed by atoms with Crippen molar-refractivity contribution in [2.24, 2.45) is 0 Å². The van der Waals surface area contributed by atoms with E-state index < -0.39 is 29.6 Å². The number of ether oxygens (including phenoxy) is 3. The minimum absolute atomic E-state index is 0.0833. The fraction of sp³-hybridized carbons (Fsp3) is 0.152. The number of hydrogen-bond acceptors (Lipinski definition) is 10. The molecule has 2 amide bonds. The summed E-state index contributed by atoms with van der Waals surface area (Å²) >= 11 is 1.06. The van der Waals surface area contributed by atoms with Crippen molar-refractivity contribution in [1.29, 1.82) is 5.26 Å². The Balaban J connectivity index is 1.24. The van der Waals surface area contributed by atoms with E-state index in [1.54, 1.807) is 55.6 Å². The molecule has 2 heterocycles. The standard InChI is InChI=1S/C33H25N3O7S/c1-41-25-12-5-20(6-13-25)27-16-9-23(18-34)31(35-27)44-29-17-30(38)36(32(29)39)24-10-3-22(4-11-24)33(40)43-19-28(37)21-7-14-26(42-2)15-8-21/h3-16,29H,17,19H2,1-2H3. The number of ketones is 1. The number of carbonyl (C=O) groups is 4. The summed E-state index contributed by atoms with van der Waals surface area (Å²) in [5.41, 5.74) is 2.51. The molecule has 1 aliphatic heterocycles. The SMILES string of the molecule is COc1ccc(C(=O)COC(=O)c2ccc(N3C(=O)CC(Sc4nc(-c5ccc(OC)cc5)ccc4C#N)C3=O)cc2)cc1. The Bertz CT molecular complexity index is 1770. The Morgan fingerprint density at radius 3 is 2.11 bits per heavy atom. The molecular formula is C33H25N3O7S. The molecule has 44 heavy (non-hydrogen) atoms. The average Bonchev–Trinajstić information content (AvgIpc) is 3.35. The smallest absolute Gasteiger partial charge is 0.338 e. The molecule has 1 aromatic heterocycles. The molecule has 0 aliphatic carbocycles. The maximum atomic E-state index is 13.3. The quantitative estimate of drug-likeness (QED) is 0.136. The maximum absolute atomic E-state index is 13.3. The molecule has 1 saturated heterocycles. The van der Waals surface area contributed by atoms with E-state index in [4.69, 9.17) is 14.2 Å². The third-order valence-corrected chi connectivity index (χ3v) is 8.02. The minimum atomic E-state index is -0.790. The number of methoxy groups -OCH3 is 2. The number of Topliss-reactive ketones (excluding diaryl/α,β-unsaturated/α-hetero) is 1. The van der Waals surface area contributed by atoms with Gasteiger partial charge in [-0.05, 0) is 84.9 Å². The van der Waals surface area contributed by atoms with E-state index in [0.717, 1.165) is 22.2 Å². The van der Waals surface area contributed by atoms with Crippen LogP contribution in [0.5, 0.6) is 11.5 Å². The van der Waals surface area contributed by atoms with Crippen LogP contribution in [0.2, 0.25) is 0 Å². The third kappa shape index (κ3) is 6.45. The molecule has 5 rings (SSSR count). The number of aromatic nitrogens is 1. The van der Waals surface area contributed by atoms with Crippen molar-refractivity contribution < 1.29 is 33.4 Å². The zero-order valence-corrected chi connectivity index (χ0v) is 24.5. The Labute approximate surface area is 257 Å². The van der Waals surface area contributed by atoms with E-state index in [2.05, 4.69) is 11.1 Å². The van der Waals surface area contributed by atoms with Crippen molar-refractivity contribution in [2.45, 2.75) is 16.7 Å². The second-order valence-corrected chi connectivity index (χ2v) is 10.7. The van der Waals surface area contributed by atoms with Gasteiger partial charge in [0.15, 0.2) is 12.4 Å². The van der Waals surface area contributed by atoms with Gasteiger partial charge in [0.1, 0.15) is 22.6 Å². The van der Waals surface area contributed by atoms with Gasteiger partial charge in [0.2, 0.25) is 11.8 Å². The first kappa shape index (κ1) is 30.0. The molecule has 1 aliphatic rings. The third-order valence-electron chi connectivity index (χ3n) is 6.83. The van der Waals surface area contributed by atoms with Gasteiger partial charge in [-0.25, -0.2) is 14.7 Å². The van der Waals surface area contributed by atoms with Crippen LogP contribution in [-0.4, -0.2) is 54.6 Å². The molecule has 220 valence electrons. The van der Waals surface area contributed by atoms with Gasteiger partial charge in [-0.1, -0.05) is 11.8 Å². The molecular weight excluding hydrogens is 582 g/mol. The number of amides is 2. The van der Waals surface area contributed by atoms with Crippen LogP contribution in [0.4, 0.5) is 5.69 Å². The molecule has 10 nitrogen and oxygen atoms in total. The molecule has 4 aromatic rings. The molecule has 1 unspecified atom stereocenters. The summed E-state index contributed by atoms with van der Waals surface area (Å²) in [4.78, 5) is 56.8. The zero-order valence-electron chi connectivity index (χ0n) is 23.7. The van der Waals surface area contributed by atoms with Crippen LogP contribution in [-0.2, 0) is 14.3 Å². The maximum Gasteiger partial charge on any atom is 0.338 e. The van der Waals surface area contributed by atoms with Crippen LogP contribution in [0.1, 0.15) is 32.7 Å². The van der Waals surface area contributed by atoms with Crippen LogP contribution in [0.15, 0.2) is 90.0 Å². The highest BCUT2D eigenvalue weighted by atomic mass is 32.2. The lowest BCUT2D eigenvalue weighted by atomic mass is 10.1. The number of benzene rings is 3. The number of pyridine rings is 1. The van der Waals surface area contributed by atoms with Crippen molar-refractivity contribution in [3.8, 4) is 28.8 Å². The number of imide groups is 1. The van der Waals surface area contributed by atoms with Crippen molar-refractivity contribution in [1.82, 2.24) is 4.98 Å². The van der Waals surface area contributed by atoms with Crippen LogP contribution >= 0.6 is 11.8 Å². The Morgan fingerprint density at radius 1 is 0.886 bits per heavy atom. The van der Waals surface area contributed by atoms with Crippen LogP contribution in [0.25, 0.3) is 11.3 Å². The van der Waals surface area contributed by atoms with E-state index in [1.165, 1.54) is 31.4 Å². The number of anilines is 1. The van der Waals surface area contributed by atoms with Gasteiger partial charge in [-0.15, -0.1) is 0 Å². The number of nitriles is 1. The first-order chi connectivity index (χ1) is 21.3. The summed E-state index contributed by atoms with van der Waals surface area (Å²) in [6, 6.07) is 24.9. The number of carbonyl (C=O) groups excluding carboxylic acids is 4. The number of rotatable bonds is 10. The predicted molar refractivity (Wildman–Crippen MR) is 162 cm³/mol. The first-order valence-corrected chi connectivity index (χ1v) is 14.2. The molecule has 3 aromatic carbocycles. The van der Waals surface area contributed by atoms with E-state index in [1.807, 2.05) is 12.1 Å². The topological polar surface area (TPSA) is 136 Å². The van der Waals surface area contributed by atoms with Gasteiger partial charge in [0.25, 0.3) is 0 Å². The van der Waals surface area contributed by atoms with E-state index >= 15 is 0 Å². The Morgan fingerprint density at radius 2 is 1.50 bits per heavy atom. The second kappa shape index (κ2) is 13.2. The molecule has 1 fully saturated rings. The van der Waals surface area contributed by atoms with Gasteiger partial charge in [-0.3, -0.25) is 14.4 Å². The first-order valence-electron chi connectivity index (χ1n) is 13.3. The predicted octanol–water partition coefficient (Wildman–Crippen LogP) is 5.10. The normalized spacial score (nSPS) is 14.2. The lowest BCUT2D eigenvalue weighted by Gasteiger charge is -2.15. The van der Waals surface area contributed by atoms with Gasteiger partial charge < -0.3 is 14.2 Å². The fourth-order valence-corrected chi connectivity index (χ4v) is 5.55. The van der Waals surface area contributed by atoms with E-state index in [-0.39, 0.29) is 23.5 Å². The number of thioether (sulfide) groups is 1. The minimum Gasteiger partial charge on any atom is -0.497 e. The molecule has 0 radical (unpaired) electrons. The molecule has 11 heteroatoms. The summed E-state index contributed by atoms with van der Waals surface area (Å²) in [7, 11) is 3.09. The lowest BCUT2D eigenvalue weighted by Crippen LogP contribution is -2.31. The number of hydrogen-bond donors (Lipinski definition) is 0. The molecule has 0 bridgehead atoms. The number of esters is 1. The summed E-state index contributed by atoms with van der Waals surface area (Å²) in [5, 5.41) is 9.20. The second-order valence-electron chi connectivity index (χ2n) is 9.54. The Kier molecular flexibility index (Phi) is 9.02. The average molecular weight is 608 g/mol. The van der Waals surface area contributed by atoms with E-state index in [9.17, 15) is 24.4 Å². The fourth-order valence-electron chi connectivity index (χ4n) is 4.46. The highest BCUT2D eigenvalue weighted by molar-refractivity contribution is 8.00. The molecule has 0 N–H and O–H groups in total. The highest BCUT2D eigenvalue weighted by Gasteiger charge is 2.41. The van der Waals surface area contributed by atoms with Crippen LogP contribution in [0.3, 0.4) is 0 Å². The number of nitrogens with zero attached hydrogens (tertiary/aromatic N) is 3. The largest absolute Gasteiger partial charge is 0.497 e. The van der Waals surface area contributed by atoms with Gasteiger partial charge >= 0.3 is 5.97 Å². The zero-order chi connectivity index (χ0) is 31.2. The van der Waals surface area contributed by atoms with Gasteiger partial charge in [-0.2, -0.15) is 5.26 Å². The summed E-state index contributed by atoms with van der Waals surface area (Å²) < 4.78 is 15.4. The van der Waals surface area contributed by atoms with Crippen molar-refractivity contribution in [2.75, 3.05) is 25.7 Å². The molecule has 1 atom stereocenters. The molecule has 0 spiro atoms. The van der Waals surface area contributed by atoms with Gasteiger partial charge in [0.05, 0.1) is 42.0 Å². The van der Waals surface area contributed by atoms with Crippen LogP contribution in [0, 0.1) is 11.3 Å². The van der Waals surface area contributed by atoms with Crippen molar-refractivity contribution in [3.63, 3.8) is 0 Å². The Hall–Kier alpha value is -5.47. The van der Waals surface area contributed by atoms with Gasteiger partial charge in [0, 0.05) is 17.5 Å². The summed E-state index contributed by atoms with van der Waals surface area (Å²) in [5.74, 6) is -0.688. The highest BCUT2D eigenvalue weighted by Crippen LogP contribution is 2.36. The van der Waals surface area contributed by atoms with Crippen LogP contribution < -0.4 is 14.4 Å². The lowest BCUT2D eigenvalue weighted by molar-refractivity contribution is -0.121. The van der Waals surface area contributed by atoms with Crippen molar-refractivity contribution >= 4 is 41.0 Å². The van der Waals surface area contributed by atoms with E-state index in [0.29, 0.717) is 33.3 Å². The summed E-state index contributed by atoms with van der Waals surface area (Å²) in [6.45, 7) is -0.451.